The lowest BCUT2D eigenvalue weighted by Crippen LogP contribution is -2.23. The van der Waals surface area contributed by atoms with Crippen LogP contribution in [0, 0.1) is 5.92 Å². The van der Waals surface area contributed by atoms with E-state index in [1.165, 1.54) is 6.07 Å². The Bertz CT molecular complexity index is 405. The molecule has 6 heteroatoms. The summed E-state index contributed by atoms with van der Waals surface area (Å²) in [5, 5.41) is 3.07. The van der Waals surface area contributed by atoms with Crippen LogP contribution in [0.3, 0.4) is 0 Å². The third kappa shape index (κ3) is 3.59. The van der Waals surface area contributed by atoms with E-state index in [0.29, 0.717) is 18.3 Å². The number of pyridine rings is 1. The van der Waals surface area contributed by atoms with Gasteiger partial charge in [0.1, 0.15) is 5.82 Å². The van der Waals surface area contributed by atoms with Gasteiger partial charge in [0.2, 0.25) is 0 Å². The minimum absolute atomic E-state index is 0.238. The first kappa shape index (κ1) is 14.1. The average Bonchev–Trinajstić information content (AvgIpc) is 2.83. The van der Waals surface area contributed by atoms with E-state index >= 15 is 0 Å². The molecule has 2 unspecified atom stereocenters. The molecule has 19 heavy (non-hydrogen) atoms. The second-order valence-electron chi connectivity index (χ2n) is 4.68. The van der Waals surface area contributed by atoms with Crippen molar-refractivity contribution in [2.24, 2.45) is 5.92 Å². The average molecular weight is 274 g/mol. The van der Waals surface area contributed by atoms with Gasteiger partial charge in [-0.25, -0.2) is 4.98 Å². The minimum atomic E-state index is -4.34. The number of hydrogen-bond donors (Lipinski definition) is 1. The summed E-state index contributed by atoms with van der Waals surface area (Å²) in [4.78, 5) is 3.79. The van der Waals surface area contributed by atoms with Crippen molar-refractivity contribution in [3.8, 4) is 0 Å². The largest absolute Gasteiger partial charge is 0.417 e. The molecule has 2 rings (SSSR count). The molecule has 0 spiro atoms. The molecule has 0 saturated carbocycles. The molecule has 0 amide bonds. The maximum atomic E-state index is 12.4. The predicted octanol–water partition coefficient (Wildman–Crippen LogP) is 3.33. The third-order valence-electron chi connectivity index (χ3n) is 3.38. The standard InChI is InChI=1S/C13H17F3N2O/c1-2-11-9(5-6-19-11)7-17-12-4-3-10(8-18-12)13(14,15)16/h3-4,8-9,11H,2,5-7H2,1H3,(H,17,18). The van der Waals surface area contributed by atoms with E-state index in [-0.39, 0.29) is 6.10 Å². The van der Waals surface area contributed by atoms with E-state index < -0.39 is 11.7 Å². The summed E-state index contributed by atoms with van der Waals surface area (Å²) in [5.74, 6) is 0.865. The highest BCUT2D eigenvalue weighted by Gasteiger charge is 2.31. The SMILES string of the molecule is CCC1OCCC1CNc1ccc(C(F)(F)F)cn1. The van der Waals surface area contributed by atoms with Crippen molar-refractivity contribution in [1.29, 1.82) is 0 Å². The summed E-state index contributed by atoms with van der Waals surface area (Å²) in [6.07, 6.45) is -1.32. The predicted molar refractivity (Wildman–Crippen MR) is 65.9 cm³/mol. The number of alkyl halides is 3. The van der Waals surface area contributed by atoms with Crippen LogP contribution in [-0.2, 0) is 10.9 Å². The van der Waals surface area contributed by atoms with Gasteiger partial charge in [-0.15, -0.1) is 0 Å². The molecular weight excluding hydrogens is 257 g/mol. The van der Waals surface area contributed by atoms with Crippen LogP contribution in [0.4, 0.5) is 19.0 Å². The zero-order chi connectivity index (χ0) is 13.9. The van der Waals surface area contributed by atoms with E-state index in [1.54, 1.807) is 0 Å². The van der Waals surface area contributed by atoms with Gasteiger partial charge in [-0.05, 0) is 25.0 Å². The lowest BCUT2D eigenvalue weighted by atomic mass is 10.00. The Morgan fingerprint density at radius 3 is 2.79 bits per heavy atom. The molecular formula is C13H17F3N2O. The van der Waals surface area contributed by atoms with Crippen LogP contribution in [0.15, 0.2) is 18.3 Å². The third-order valence-corrected chi connectivity index (χ3v) is 3.38. The van der Waals surface area contributed by atoms with Gasteiger partial charge in [0, 0.05) is 25.3 Å². The number of ether oxygens (including phenoxy) is 1. The van der Waals surface area contributed by atoms with Crippen LogP contribution in [-0.4, -0.2) is 24.2 Å². The summed E-state index contributed by atoms with van der Waals surface area (Å²) < 4.78 is 42.7. The van der Waals surface area contributed by atoms with Crippen LogP contribution in [0.5, 0.6) is 0 Å². The lowest BCUT2D eigenvalue weighted by molar-refractivity contribution is -0.137. The van der Waals surface area contributed by atoms with Crippen molar-refractivity contribution in [1.82, 2.24) is 4.98 Å². The summed E-state index contributed by atoms with van der Waals surface area (Å²) in [6, 6.07) is 2.40. The second-order valence-corrected chi connectivity index (χ2v) is 4.68. The Morgan fingerprint density at radius 1 is 1.42 bits per heavy atom. The highest BCUT2D eigenvalue weighted by atomic mass is 19.4. The molecule has 1 N–H and O–H groups in total. The zero-order valence-corrected chi connectivity index (χ0v) is 10.7. The van der Waals surface area contributed by atoms with Crippen LogP contribution in [0.1, 0.15) is 25.3 Å². The summed E-state index contributed by atoms with van der Waals surface area (Å²) in [7, 11) is 0. The molecule has 1 aliphatic heterocycles. The topological polar surface area (TPSA) is 34.1 Å². The maximum Gasteiger partial charge on any atom is 0.417 e. The number of halogens is 3. The molecule has 2 heterocycles. The van der Waals surface area contributed by atoms with Gasteiger partial charge < -0.3 is 10.1 Å². The monoisotopic (exact) mass is 274 g/mol. The fourth-order valence-electron chi connectivity index (χ4n) is 2.28. The van der Waals surface area contributed by atoms with Crippen LogP contribution in [0.25, 0.3) is 0 Å². The smallest absolute Gasteiger partial charge is 0.378 e. The quantitative estimate of drug-likeness (QED) is 0.914. The first-order valence-electron chi connectivity index (χ1n) is 6.39. The number of rotatable bonds is 4. The Balaban J connectivity index is 1.90. The van der Waals surface area contributed by atoms with Gasteiger partial charge in [-0.3, -0.25) is 0 Å². The molecule has 0 bridgehead atoms. The Labute approximate surface area is 110 Å². The minimum Gasteiger partial charge on any atom is -0.378 e. The second kappa shape index (κ2) is 5.77. The van der Waals surface area contributed by atoms with Gasteiger partial charge in [0.05, 0.1) is 11.7 Å². The van der Waals surface area contributed by atoms with Gasteiger partial charge in [0.15, 0.2) is 0 Å². The van der Waals surface area contributed by atoms with Crippen molar-refractivity contribution in [3.63, 3.8) is 0 Å². The molecule has 0 aliphatic carbocycles. The molecule has 0 radical (unpaired) electrons. The van der Waals surface area contributed by atoms with E-state index in [9.17, 15) is 13.2 Å². The Kier molecular flexibility index (Phi) is 4.29. The van der Waals surface area contributed by atoms with Crippen LogP contribution < -0.4 is 5.32 Å². The van der Waals surface area contributed by atoms with Gasteiger partial charge in [-0.1, -0.05) is 6.92 Å². The number of anilines is 1. The summed E-state index contributed by atoms with van der Waals surface area (Å²) >= 11 is 0. The normalized spacial score (nSPS) is 23.6. The van der Waals surface area contributed by atoms with Gasteiger partial charge in [0.25, 0.3) is 0 Å². The molecule has 1 aromatic rings. The highest BCUT2D eigenvalue weighted by Crippen LogP contribution is 2.29. The van der Waals surface area contributed by atoms with Crippen LogP contribution >= 0.6 is 0 Å². The molecule has 1 aromatic heterocycles. The van der Waals surface area contributed by atoms with E-state index in [1.807, 2.05) is 0 Å². The zero-order valence-electron chi connectivity index (χ0n) is 10.7. The first-order valence-corrected chi connectivity index (χ1v) is 6.39. The molecule has 106 valence electrons. The van der Waals surface area contributed by atoms with Crippen molar-refractivity contribution in [2.75, 3.05) is 18.5 Å². The van der Waals surface area contributed by atoms with Gasteiger partial charge >= 0.3 is 6.18 Å². The van der Waals surface area contributed by atoms with E-state index in [0.717, 1.165) is 31.7 Å². The number of hydrogen-bond acceptors (Lipinski definition) is 3. The fourth-order valence-corrected chi connectivity index (χ4v) is 2.28. The Hall–Kier alpha value is -1.30. The van der Waals surface area contributed by atoms with Crippen molar-refractivity contribution < 1.29 is 17.9 Å². The van der Waals surface area contributed by atoms with Crippen molar-refractivity contribution >= 4 is 5.82 Å². The van der Waals surface area contributed by atoms with Crippen molar-refractivity contribution in [3.05, 3.63) is 23.9 Å². The number of nitrogens with one attached hydrogen (secondary N) is 1. The summed E-state index contributed by atoms with van der Waals surface area (Å²) in [6.45, 7) is 3.50. The van der Waals surface area contributed by atoms with Crippen molar-refractivity contribution in [2.45, 2.75) is 32.0 Å². The molecule has 3 nitrogen and oxygen atoms in total. The molecule has 1 aliphatic rings. The molecule has 2 atom stereocenters. The first-order chi connectivity index (χ1) is 9.00. The Morgan fingerprint density at radius 2 is 2.21 bits per heavy atom. The molecule has 0 aromatic carbocycles. The molecule has 1 saturated heterocycles. The lowest BCUT2D eigenvalue weighted by Gasteiger charge is -2.17. The highest BCUT2D eigenvalue weighted by molar-refractivity contribution is 5.36. The van der Waals surface area contributed by atoms with E-state index in [2.05, 4.69) is 17.2 Å². The number of aromatic nitrogens is 1. The fraction of sp³-hybridized carbons (Fsp3) is 0.615. The maximum absolute atomic E-state index is 12.4. The van der Waals surface area contributed by atoms with Gasteiger partial charge in [-0.2, -0.15) is 13.2 Å². The molecule has 1 fully saturated rings. The van der Waals surface area contributed by atoms with Crippen LogP contribution in [0.2, 0.25) is 0 Å². The van der Waals surface area contributed by atoms with E-state index in [4.69, 9.17) is 4.74 Å². The number of nitrogens with zero attached hydrogens (tertiary/aromatic N) is 1. The summed E-state index contributed by atoms with van der Waals surface area (Å²) in [5.41, 5.74) is -0.728.